The monoisotopic (exact) mass is 218 g/mol. The van der Waals surface area contributed by atoms with Crippen LogP contribution in [0.2, 0.25) is 0 Å². The Kier molecular flexibility index (Phi) is 3.05. The van der Waals surface area contributed by atoms with Crippen LogP contribution in [0.3, 0.4) is 0 Å². The highest BCUT2D eigenvalue weighted by molar-refractivity contribution is 5.48. The van der Waals surface area contributed by atoms with Crippen molar-refractivity contribution in [3.05, 3.63) is 35.8 Å². The number of H-pyrrole nitrogens is 1. The quantitative estimate of drug-likeness (QED) is 0.820. The number of hydrogen-bond donors (Lipinski definition) is 2. The Hall–Kier alpha value is -2.04. The van der Waals surface area contributed by atoms with Gasteiger partial charge in [-0.25, -0.2) is 4.98 Å². The van der Waals surface area contributed by atoms with Gasteiger partial charge in [-0.05, 0) is 19.1 Å². The molecule has 0 aliphatic rings. The Morgan fingerprint density at radius 1 is 1.38 bits per heavy atom. The second-order valence-corrected chi connectivity index (χ2v) is 3.42. The summed E-state index contributed by atoms with van der Waals surface area (Å²) in [5, 5.41) is 10.1. The van der Waals surface area contributed by atoms with E-state index in [1.807, 2.05) is 25.1 Å². The van der Waals surface area contributed by atoms with E-state index in [1.165, 1.54) is 0 Å². The van der Waals surface area contributed by atoms with Crippen molar-refractivity contribution in [2.45, 2.75) is 13.5 Å². The SMILES string of the molecule is COc1ccc(NCc2ccn[nH]2)c(C)n1. The largest absolute Gasteiger partial charge is 0.481 e. The average Bonchev–Trinajstić information content (AvgIpc) is 2.80. The van der Waals surface area contributed by atoms with Gasteiger partial charge in [0, 0.05) is 12.3 Å². The zero-order chi connectivity index (χ0) is 11.4. The number of aryl methyl sites for hydroxylation is 1. The van der Waals surface area contributed by atoms with Crippen LogP contribution in [0.1, 0.15) is 11.4 Å². The van der Waals surface area contributed by atoms with E-state index >= 15 is 0 Å². The molecule has 2 aromatic rings. The molecule has 0 amide bonds. The van der Waals surface area contributed by atoms with Crippen LogP contribution in [0.15, 0.2) is 24.4 Å². The van der Waals surface area contributed by atoms with Crippen LogP contribution < -0.4 is 10.1 Å². The van der Waals surface area contributed by atoms with Gasteiger partial charge in [-0.1, -0.05) is 0 Å². The van der Waals surface area contributed by atoms with Crippen molar-refractivity contribution in [2.75, 3.05) is 12.4 Å². The van der Waals surface area contributed by atoms with Crippen LogP contribution >= 0.6 is 0 Å². The highest BCUT2D eigenvalue weighted by Crippen LogP contribution is 2.17. The van der Waals surface area contributed by atoms with E-state index in [0.29, 0.717) is 12.4 Å². The summed E-state index contributed by atoms with van der Waals surface area (Å²) in [6.45, 7) is 2.65. The minimum Gasteiger partial charge on any atom is -0.481 e. The summed E-state index contributed by atoms with van der Waals surface area (Å²) >= 11 is 0. The van der Waals surface area contributed by atoms with Crippen molar-refractivity contribution in [1.29, 1.82) is 0 Å². The van der Waals surface area contributed by atoms with E-state index in [4.69, 9.17) is 4.74 Å². The summed E-state index contributed by atoms with van der Waals surface area (Å²) in [4.78, 5) is 4.28. The molecule has 0 atom stereocenters. The number of pyridine rings is 1. The molecule has 0 spiro atoms. The predicted molar refractivity (Wildman–Crippen MR) is 61.4 cm³/mol. The highest BCUT2D eigenvalue weighted by atomic mass is 16.5. The van der Waals surface area contributed by atoms with E-state index in [1.54, 1.807) is 13.3 Å². The third kappa shape index (κ3) is 2.31. The van der Waals surface area contributed by atoms with Crippen molar-refractivity contribution in [3.63, 3.8) is 0 Å². The lowest BCUT2D eigenvalue weighted by Gasteiger charge is -2.08. The van der Waals surface area contributed by atoms with Crippen LogP contribution in [-0.2, 0) is 6.54 Å². The van der Waals surface area contributed by atoms with Crippen LogP contribution in [-0.4, -0.2) is 22.3 Å². The summed E-state index contributed by atoms with van der Waals surface area (Å²) in [6, 6.07) is 5.72. The average molecular weight is 218 g/mol. The van der Waals surface area contributed by atoms with Crippen molar-refractivity contribution in [1.82, 2.24) is 15.2 Å². The number of aromatic nitrogens is 3. The van der Waals surface area contributed by atoms with E-state index in [-0.39, 0.29) is 0 Å². The van der Waals surface area contributed by atoms with Gasteiger partial charge >= 0.3 is 0 Å². The van der Waals surface area contributed by atoms with Gasteiger partial charge in [0.05, 0.1) is 30.7 Å². The first kappa shape index (κ1) is 10.5. The normalized spacial score (nSPS) is 10.1. The smallest absolute Gasteiger partial charge is 0.213 e. The summed E-state index contributed by atoms with van der Waals surface area (Å²) in [5.41, 5.74) is 2.95. The van der Waals surface area contributed by atoms with Gasteiger partial charge in [0.15, 0.2) is 0 Å². The van der Waals surface area contributed by atoms with Crippen molar-refractivity contribution in [3.8, 4) is 5.88 Å². The van der Waals surface area contributed by atoms with Crippen LogP contribution in [0, 0.1) is 6.92 Å². The standard InChI is InChI=1S/C11H14N4O/c1-8-10(3-4-11(14-8)16-2)12-7-9-5-6-13-15-9/h3-6,12H,7H2,1-2H3,(H,13,15). The molecule has 5 nitrogen and oxygen atoms in total. The molecule has 0 fully saturated rings. The minimum atomic E-state index is 0.629. The fourth-order valence-electron chi connectivity index (χ4n) is 1.41. The Balaban J connectivity index is 2.04. The summed E-state index contributed by atoms with van der Waals surface area (Å²) in [7, 11) is 1.61. The molecule has 0 saturated heterocycles. The number of ether oxygens (including phenoxy) is 1. The molecule has 0 aliphatic carbocycles. The first-order valence-electron chi connectivity index (χ1n) is 5.03. The molecular weight excluding hydrogens is 204 g/mol. The van der Waals surface area contributed by atoms with Gasteiger partial charge in [-0.2, -0.15) is 5.10 Å². The number of rotatable bonds is 4. The molecule has 84 valence electrons. The Morgan fingerprint density at radius 3 is 2.88 bits per heavy atom. The zero-order valence-electron chi connectivity index (χ0n) is 9.32. The van der Waals surface area contributed by atoms with Crippen molar-refractivity contribution in [2.24, 2.45) is 0 Å². The first-order valence-corrected chi connectivity index (χ1v) is 5.03. The molecular formula is C11H14N4O. The minimum absolute atomic E-state index is 0.629. The number of methoxy groups -OCH3 is 1. The van der Waals surface area contributed by atoms with Gasteiger partial charge in [0.25, 0.3) is 0 Å². The summed E-state index contributed by atoms with van der Waals surface area (Å²) in [6.07, 6.45) is 1.73. The van der Waals surface area contributed by atoms with E-state index in [9.17, 15) is 0 Å². The van der Waals surface area contributed by atoms with Gasteiger partial charge < -0.3 is 10.1 Å². The fraction of sp³-hybridized carbons (Fsp3) is 0.273. The maximum atomic E-state index is 5.05. The van der Waals surface area contributed by atoms with Crippen molar-refractivity contribution < 1.29 is 4.74 Å². The van der Waals surface area contributed by atoms with E-state index in [2.05, 4.69) is 20.5 Å². The lowest BCUT2D eigenvalue weighted by atomic mass is 10.3. The molecule has 5 heteroatoms. The molecule has 2 aromatic heterocycles. The molecule has 2 heterocycles. The second kappa shape index (κ2) is 4.65. The third-order valence-corrected chi connectivity index (χ3v) is 2.30. The maximum Gasteiger partial charge on any atom is 0.213 e. The number of nitrogens with zero attached hydrogens (tertiary/aromatic N) is 2. The topological polar surface area (TPSA) is 62.8 Å². The Labute approximate surface area is 93.9 Å². The lowest BCUT2D eigenvalue weighted by Crippen LogP contribution is -2.03. The fourth-order valence-corrected chi connectivity index (χ4v) is 1.41. The lowest BCUT2D eigenvalue weighted by molar-refractivity contribution is 0.397. The number of aromatic amines is 1. The molecule has 2 N–H and O–H groups in total. The highest BCUT2D eigenvalue weighted by Gasteiger charge is 2.01. The molecule has 0 radical (unpaired) electrons. The van der Waals surface area contributed by atoms with Gasteiger partial charge in [0.2, 0.25) is 5.88 Å². The zero-order valence-corrected chi connectivity index (χ0v) is 9.32. The van der Waals surface area contributed by atoms with E-state index in [0.717, 1.165) is 17.1 Å². The third-order valence-electron chi connectivity index (χ3n) is 2.30. The molecule has 0 aliphatic heterocycles. The van der Waals surface area contributed by atoms with E-state index < -0.39 is 0 Å². The molecule has 0 bridgehead atoms. The Bertz CT molecular complexity index is 453. The molecule has 0 saturated carbocycles. The van der Waals surface area contributed by atoms with Gasteiger partial charge in [0.1, 0.15) is 0 Å². The molecule has 0 unspecified atom stereocenters. The molecule has 16 heavy (non-hydrogen) atoms. The van der Waals surface area contributed by atoms with Crippen LogP contribution in [0.5, 0.6) is 5.88 Å². The summed E-state index contributed by atoms with van der Waals surface area (Å²) in [5.74, 6) is 0.629. The van der Waals surface area contributed by atoms with Gasteiger partial charge in [-0.15, -0.1) is 0 Å². The van der Waals surface area contributed by atoms with Crippen LogP contribution in [0.4, 0.5) is 5.69 Å². The summed E-state index contributed by atoms with van der Waals surface area (Å²) < 4.78 is 5.05. The van der Waals surface area contributed by atoms with Crippen molar-refractivity contribution >= 4 is 5.69 Å². The number of nitrogens with one attached hydrogen (secondary N) is 2. The Morgan fingerprint density at radius 2 is 2.25 bits per heavy atom. The number of anilines is 1. The van der Waals surface area contributed by atoms with Gasteiger partial charge in [-0.3, -0.25) is 5.10 Å². The molecule has 0 aromatic carbocycles. The molecule has 2 rings (SSSR count). The first-order chi connectivity index (χ1) is 7.79. The number of hydrogen-bond acceptors (Lipinski definition) is 4. The second-order valence-electron chi connectivity index (χ2n) is 3.42. The van der Waals surface area contributed by atoms with Crippen LogP contribution in [0.25, 0.3) is 0 Å². The predicted octanol–water partition coefficient (Wildman–Crippen LogP) is 1.73. The maximum absolute atomic E-state index is 5.05.